The second kappa shape index (κ2) is 54.5. The van der Waals surface area contributed by atoms with Gasteiger partial charge in [-0.15, -0.1) is 30.6 Å². The van der Waals surface area contributed by atoms with Gasteiger partial charge in [0.05, 0.1) is 169 Å². The van der Waals surface area contributed by atoms with Gasteiger partial charge in [-0.3, -0.25) is 56.4 Å². The van der Waals surface area contributed by atoms with E-state index in [1.54, 1.807) is 0 Å². The molecule has 0 radical (unpaired) electrons. The maximum absolute atomic E-state index is 10.0. The van der Waals surface area contributed by atoms with Crippen LogP contribution >= 0.6 is 47.9 Å². The number of rotatable bonds is 6. The molecular formula is C66H96F12N30O18P6. The molecule has 0 amide bonds. The molecule has 0 unspecified atom stereocenters. The fourth-order valence-corrected chi connectivity index (χ4v) is 9.33. The highest BCUT2D eigenvalue weighted by molar-refractivity contribution is 7.46. The minimum absolute atomic E-state index is 0.681. The minimum atomic E-state index is -5.89. The Balaban J connectivity index is 0.000000745. The number of nitrogens with zero attached hydrogens (tertiary/aromatic N) is 30. The van der Waals surface area contributed by atoms with Crippen LogP contribution in [0.15, 0.2) is 146 Å². The predicted octanol–water partition coefficient (Wildman–Crippen LogP) is 2.66. The van der Waals surface area contributed by atoms with Crippen LogP contribution in [-0.2, 0) is 27.4 Å². The summed E-state index contributed by atoms with van der Waals surface area (Å²) in [6.07, 6.45) is 0. The second-order valence-electron chi connectivity index (χ2n) is 27.2. The van der Waals surface area contributed by atoms with Crippen molar-refractivity contribution in [2.75, 3.05) is 169 Å². The molecule has 0 bridgehead atoms. The molecule has 0 saturated heterocycles. The van der Waals surface area contributed by atoms with Gasteiger partial charge in [0.25, 0.3) is 0 Å². The molecule has 0 spiro atoms. The lowest BCUT2D eigenvalue weighted by Gasteiger charge is -2.10. The minimum Gasteiger partial charge on any atom is -0.749 e. The lowest BCUT2D eigenvalue weighted by Crippen LogP contribution is -2.39. The first-order chi connectivity index (χ1) is 60.6. The van der Waals surface area contributed by atoms with Crippen LogP contribution in [0.3, 0.4) is 0 Å². The van der Waals surface area contributed by atoms with Crippen LogP contribution in [0.4, 0.5) is 50.4 Å². The summed E-state index contributed by atoms with van der Waals surface area (Å²) in [6.45, 7) is 0. The Labute approximate surface area is 746 Å². The van der Waals surface area contributed by atoms with E-state index in [4.69, 9.17) is 85.8 Å². The average Bonchev–Trinajstić information content (AvgIpc) is 1.71. The highest BCUT2D eigenvalue weighted by atomic mass is 31.2. The number of halogens is 12. The van der Waals surface area contributed by atoms with E-state index in [0.717, 1.165) is 66.2 Å². The fourth-order valence-electron chi connectivity index (χ4n) is 9.33. The molecular weight excluding hydrogens is 1910 g/mol. The van der Waals surface area contributed by atoms with E-state index in [0.29, 0.717) is 36.1 Å². The molecule has 0 aliphatic heterocycles. The van der Waals surface area contributed by atoms with Crippen LogP contribution in [0.1, 0.15) is 0 Å². The molecule has 0 fully saturated rings. The molecule has 0 aliphatic carbocycles. The first-order valence-electron chi connectivity index (χ1n) is 36.0. The van der Waals surface area contributed by atoms with Crippen LogP contribution in [0, 0.1) is 0 Å². The van der Waals surface area contributed by atoms with Gasteiger partial charge < -0.3 is 29.4 Å². The molecule has 0 atom stereocenters. The lowest BCUT2D eigenvalue weighted by atomic mass is 10.3. The normalized spacial score (nSPS) is 10.7. The number of aromatic nitrogens is 18. The van der Waals surface area contributed by atoms with Gasteiger partial charge in [0.15, 0.2) is 0 Å². The van der Waals surface area contributed by atoms with Gasteiger partial charge in [0.1, 0.15) is 66.2 Å². The standard InChI is InChI=1S/6C11H16N5O.6F2HO2P/c6*1-14(2)11(15(3)4)17-16-10-8-6-5-7-9(10)12-13-16;6*1-5(2,3)4/h6*5-8H,1-4H3;6*(H,3,4)/q6*+1;;;;;;/p-6. The van der Waals surface area contributed by atoms with E-state index in [2.05, 4.69) is 61.9 Å². The van der Waals surface area contributed by atoms with E-state index in [1.807, 2.05) is 372 Å². The van der Waals surface area contributed by atoms with Crippen LogP contribution in [0.5, 0.6) is 0 Å². The smallest absolute Gasteiger partial charge is 0.471 e. The average molecular weight is 2010 g/mol. The predicted molar refractivity (Wildman–Crippen MR) is 448 cm³/mol. The zero-order valence-corrected chi connectivity index (χ0v) is 80.2. The third-order valence-electron chi connectivity index (χ3n) is 13.5. The van der Waals surface area contributed by atoms with Crippen LogP contribution < -0.4 is 58.4 Å². The van der Waals surface area contributed by atoms with Crippen molar-refractivity contribution in [3.05, 3.63) is 146 Å². The first-order valence-corrected chi connectivity index (χ1v) is 44.4. The van der Waals surface area contributed by atoms with Gasteiger partial charge in [0.2, 0.25) is 0 Å². The molecule has 66 heteroatoms. The highest BCUT2D eigenvalue weighted by Crippen LogP contribution is 2.40. The van der Waals surface area contributed by atoms with Crippen LogP contribution in [0.2, 0.25) is 0 Å². The number of hydrogen-bond acceptors (Lipinski definition) is 30. The zero-order chi connectivity index (χ0) is 101. The molecule has 48 nitrogen and oxygen atoms in total. The van der Waals surface area contributed by atoms with Crippen LogP contribution in [0.25, 0.3) is 66.2 Å². The Hall–Kier alpha value is -12.4. The molecule has 6 aromatic heterocycles. The maximum Gasteiger partial charge on any atom is 0.471 e. The molecule has 6 heterocycles. The van der Waals surface area contributed by atoms with Gasteiger partial charge in [-0.05, 0) is 104 Å². The largest absolute Gasteiger partial charge is 0.749 e. The summed E-state index contributed by atoms with van der Waals surface area (Å²) in [6, 6.07) is 50.0. The Morgan fingerprint density at radius 2 is 0.318 bits per heavy atom. The van der Waals surface area contributed by atoms with Crippen molar-refractivity contribution in [3.63, 3.8) is 0 Å². The van der Waals surface area contributed by atoms with E-state index >= 15 is 0 Å². The number of hydrogen-bond donors (Lipinski definition) is 0. The monoisotopic (exact) mass is 2010 g/mol. The quantitative estimate of drug-likeness (QED) is 0.0759. The highest BCUT2D eigenvalue weighted by Gasteiger charge is 2.24. The summed E-state index contributed by atoms with van der Waals surface area (Å²) in [5, 5.41) is 48.0. The number of benzene rings is 6. The first kappa shape index (κ1) is 118. The molecule has 12 rings (SSSR count). The van der Waals surface area contributed by atoms with Gasteiger partial charge in [-0.25, -0.2) is 56.9 Å². The van der Waals surface area contributed by atoms with Gasteiger partial charge in [-0.2, -0.15) is 50.4 Å². The van der Waals surface area contributed by atoms with Crippen molar-refractivity contribution < 1.29 is 164 Å². The Morgan fingerprint density at radius 1 is 0.227 bits per heavy atom. The molecule has 0 N–H and O–H groups in total. The van der Waals surface area contributed by atoms with Gasteiger partial charge >= 0.3 is 84.1 Å². The van der Waals surface area contributed by atoms with Gasteiger partial charge in [0, 0.05) is 0 Å². The van der Waals surface area contributed by atoms with E-state index < -0.39 is 47.9 Å². The molecule has 732 valence electrons. The topological polar surface area (TPSA) is 518 Å². The van der Waals surface area contributed by atoms with E-state index in [-0.39, 0.29) is 0 Å². The SMILES string of the molecule is CN(C)C(On1nnc2ccccc21)=[N+](C)C.CN(C)C(On1nnc2ccccc21)=[N+](C)C.CN(C)C(On1nnc2ccccc21)=[N+](C)C.CN(C)C(On1nnc2ccccc21)=[N+](C)C.CN(C)C(On1nnc2ccccc21)=[N+](C)C.CN(C)C(On1nnc2ccccc21)=[N+](C)C.O=P([O-])(F)F.O=P([O-])(F)F.O=P([O-])(F)F.O=P([O-])(F)F.O=P([O-])(F)F.O=P([O-])(F)F. The lowest BCUT2D eigenvalue weighted by molar-refractivity contribution is -0.480. The summed E-state index contributed by atoms with van der Waals surface area (Å²) in [4.78, 5) is 104. The fraction of sp³-hybridized carbons (Fsp3) is 0.364. The summed E-state index contributed by atoms with van der Waals surface area (Å²) < 4.78 is 181. The zero-order valence-electron chi connectivity index (χ0n) is 74.8. The Kier molecular flexibility index (Phi) is 48.5. The summed E-state index contributed by atoms with van der Waals surface area (Å²) in [7, 11) is 10.5. The third-order valence-corrected chi connectivity index (χ3v) is 13.5. The number of fused-ring (bicyclic) bond motifs is 6. The maximum atomic E-state index is 10.0. The second-order valence-corrected chi connectivity index (χ2v) is 32.1. The van der Waals surface area contributed by atoms with E-state index in [1.165, 1.54) is 29.1 Å². The molecule has 0 saturated carbocycles. The summed E-state index contributed by atoms with van der Waals surface area (Å²) in [5.74, 6) is 0. The Morgan fingerprint density at radius 3 is 0.402 bits per heavy atom. The third kappa shape index (κ3) is 49.6. The number of para-hydroxylation sites is 6. The van der Waals surface area contributed by atoms with Crippen molar-refractivity contribution in [2.24, 2.45) is 0 Å². The van der Waals surface area contributed by atoms with Crippen molar-refractivity contribution in [1.82, 2.24) is 120 Å². The van der Waals surface area contributed by atoms with Crippen molar-refractivity contribution >= 4 is 150 Å². The Bertz CT molecular complexity index is 5150. The molecule has 0 aliphatic rings. The summed E-state index contributed by atoms with van der Waals surface area (Å²) >= 11 is 0. The van der Waals surface area contributed by atoms with Crippen molar-refractivity contribution in [1.29, 1.82) is 0 Å². The van der Waals surface area contributed by atoms with Crippen molar-refractivity contribution in [3.8, 4) is 0 Å². The molecule has 6 aromatic carbocycles. The van der Waals surface area contributed by atoms with Gasteiger partial charge in [-0.1, -0.05) is 102 Å². The number of amidine groups is 6. The molecule has 12 aromatic rings. The van der Waals surface area contributed by atoms with Crippen LogP contribution in [-0.4, -0.2) is 353 Å². The molecule has 132 heavy (non-hydrogen) atoms. The summed E-state index contributed by atoms with van der Waals surface area (Å²) in [5.41, 5.74) is 9.91. The van der Waals surface area contributed by atoms with Crippen molar-refractivity contribution in [2.45, 2.75) is 0 Å². The van der Waals surface area contributed by atoms with E-state index in [9.17, 15) is 50.4 Å².